The van der Waals surface area contributed by atoms with Crippen LogP contribution in [0, 0.1) is 0 Å². The van der Waals surface area contributed by atoms with Crippen LogP contribution in [0.3, 0.4) is 0 Å². The number of rotatable bonds is 8. The molecule has 0 aromatic heterocycles. The normalized spacial score (nSPS) is 14.1. The SMILES string of the molecule is CC(CC(=O)OCC(=O)Nc1ccccc1N1CCCC1=O)NC(=O)c1ccccc1. The predicted molar refractivity (Wildman–Crippen MR) is 116 cm³/mol. The number of ether oxygens (including phenoxy) is 1. The summed E-state index contributed by atoms with van der Waals surface area (Å²) >= 11 is 0. The third-order valence-corrected chi connectivity index (χ3v) is 4.79. The number of hydrogen-bond donors (Lipinski definition) is 2. The summed E-state index contributed by atoms with van der Waals surface area (Å²) < 4.78 is 5.04. The van der Waals surface area contributed by atoms with Crippen LogP contribution in [0.1, 0.15) is 36.5 Å². The van der Waals surface area contributed by atoms with Crippen LogP contribution in [-0.4, -0.2) is 42.9 Å². The summed E-state index contributed by atoms with van der Waals surface area (Å²) in [4.78, 5) is 50.1. The Labute approximate surface area is 180 Å². The lowest BCUT2D eigenvalue weighted by Crippen LogP contribution is -2.35. The van der Waals surface area contributed by atoms with E-state index in [1.165, 1.54) is 0 Å². The molecule has 3 amide bonds. The van der Waals surface area contributed by atoms with Gasteiger partial charge >= 0.3 is 5.97 Å². The lowest BCUT2D eigenvalue weighted by molar-refractivity contribution is -0.147. The summed E-state index contributed by atoms with van der Waals surface area (Å²) in [6.45, 7) is 1.83. The Bertz CT molecular complexity index is 961. The molecular weight excluding hydrogens is 398 g/mol. The molecular formula is C23H25N3O5. The number of carbonyl (C=O) groups is 4. The summed E-state index contributed by atoms with van der Waals surface area (Å²) in [7, 11) is 0. The van der Waals surface area contributed by atoms with Crippen LogP contribution < -0.4 is 15.5 Å². The number of carbonyl (C=O) groups excluding carboxylic acids is 4. The zero-order valence-corrected chi connectivity index (χ0v) is 17.3. The monoisotopic (exact) mass is 423 g/mol. The molecule has 1 aliphatic heterocycles. The Morgan fingerprint density at radius 2 is 1.77 bits per heavy atom. The minimum absolute atomic E-state index is 0.0136. The van der Waals surface area contributed by atoms with E-state index in [1.54, 1.807) is 60.4 Å². The van der Waals surface area contributed by atoms with Crippen LogP contribution >= 0.6 is 0 Å². The second-order valence-electron chi connectivity index (χ2n) is 7.32. The quantitative estimate of drug-likeness (QED) is 0.635. The van der Waals surface area contributed by atoms with Crippen LogP contribution in [0.15, 0.2) is 54.6 Å². The van der Waals surface area contributed by atoms with E-state index in [0.29, 0.717) is 29.9 Å². The van der Waals surface area contributed by atoms with E-state index in [0.717, 1.165) is 6.42 Å². The highest BCUT2D eigenvalue weighted by atomic mass is 16.5. The summed E-state index contributed by atoms with van der Waals surface area (Å²) in [6, 6.07) is 15.2. The molecule has 162 valence electrons. The first-order valence-corrected chi connectivity index (χ1v) is 10.1. The highest BCUT2D eigenvalue weighted by molar-refractivity contribution is 6.02. The van der Waals surface area contributed by atoms with Gasteiger partial charge in [-0.25, -0.2) is 0 Å². The van der Waals surface area contributed by atoms with Gasteiger partial charge in [0.15, 0.2) is 6.61 Å². The van der Waals surface area contributed by atoms with Gasteiger partial charge in [-0.3, -0.25) is 19.2 Å². The maximum atomic E-state index is 12.3. The van der Waals surface area contributed by atoms with Crippen molar-refractivity contribution in [1.82, 2.24) is 5.32 Å². The lowest BCUT2D eigenvalue weighted by atomic mass is 10.2. The summed E-state index contributed by atoms with van der Waals surface area (Å²) in [5.41, 5.74) is 1.61. The average molecular weight is 423 g/mol. The van der Waals surface area contributed by atoms with E-state index in [-0.39, 0.29) is 18.2 Å². The van der Waals surface area contributed by atoms with Gasteiger partial charge in [-0.05, 0) is 37.6 Å². The first-order chi connectivity index (χ1) is 14.9. The second kappa shape index (κ2) is 10.4. The molecule has 1 aliphatic rings. The average Bonchev–Trinajstić information content (AvgIpc) is 3.19. The molecule has 0 aliphatic carbocycles. The van der Waals surface area contributed by atoms with Gasteiger partial charge < -0.3 is 20.3 Å². The summed E-state index contributed by atoms with van der Waals surface area (Å²) in [5, 5.41) is 5.41. The molecule has 2 aromatic rings. The standard InChI is InChI=1S/C23H25N3O5/c1-16(24-23(30)17-8-3-2-4-9-17)14-22(29)31-15-20(27)25-18-10-5-6-11-19(18)26-13-7-12-21(26)28/h2-6,8-11,16H,7,12-15H2,1H3,(H,24,30)(H,25,27). The van der Waals surface area contributed by atoms with Gasteiger partial charge in [0, 0.05) is 24.6 Å². The fourth-order valence-corrected chi connectivity index (χ4v) is 3.31. The van der Waals surface area contributed by atoms with Gasteiger partial charge in [0.05, 0.1) is 17.8 Å². The number of amides is 3. The number of esters is 1. The predicted octanol–water partition coefficient (Wildman–Crippen LogP) is 2.50. The molecule has 1 saturated heterocycles. The van der Waals surface area contributed by atoms with Gasteiger partial charge in [0.1, 0.15) is 0 Å². The maximum Gasteiger partial charge on any atom is 0.308 e. The van der Waals surface area contributed by atoms with Crippen LogP contribution in [0.2, 0.25) is 0 Å². The van der Waals surface area contributed by atoms with E-state index in [9.17, 15) is 19.2 Å². The molecule has 0 radical (unpaired) electrons. The molecule has 2 aromatic carbocycles. The van der Waals surface area contributed by atoms with Gasteiger partial charge in [0.2, 0.25) is 5.91 Å². The fraction of sp³-hybridized carbons (Fsp3) is 0.304. The van der Waals surface area contributed by atoms with E-state index in [2.05, 4.69) is 10.6 Å². The van der Waals surface area contributed by atoms with Gasteiger partial charge in [-0.1, -0.05) is 30.3 Å². The van der Waals surface area contributed by atoms with Crippen molar-refractivity contribution in [2.75, 3.05) is 23.4 Å². The molecule has 1 unspecified atom stereocenters. The lowest BCUT2D eigenvalue weighted by Gasteiger charge is -2.20. The van der Waals surface area contributed by atoms with Gasteiger partial charge in [-0.15, -0.1) is 0 Å². The highest BCUT2D eigenvalue weighted by Crippen LogP contribution is 2.29. The fourth-order valence-electron chi connectivity index (χ4n) is 3.31. The van der Waals surface area contributed by atoms with Crippen molar-refractivity contribution in [3.8, 4) is 0 Å². The molecule has 2 N–H and O–H groups in total. The smallest absolute Gasteiger partial charge is 0.308 e. The second-order valence-corrected chi connectivity index (χ2v) is 7.32. The highest BCUT2D eigenvalue weighted by Gasteiger charge is 2.24. The summed E-state index contributed by atoms with van der Waals surface area (Å²) in [6.07, 6.45) is 1.20. The molecule has 8 nitrogen and oxygen atoms in total. The van der Waals surface area contributed by atoms with Crippen molar-refractivity contribution in [3.63, 3.8) is 0 Å². The van der Waals surface area contributed by atoms with Crippen molar-refractivity contribution >= 4 is 35.1 Å². The molecule has 3 rings (SSSR count). The number of benzene rings is 2. The summed E-state index contributed by atoms with van der Waals surface area (Å²) in [5.74, 6) is -1.38. The minimum atomic E-state index is -0.598. The minimum Gasteiger partial charge on any atom is -0.455 e. The Hall–Kier alpha value is -3.68. The molecule has 0 bridgehead atoms. The van der Waals surface area contributed by atoms with Crippen LogP contribution in [0.4, 0.5) is 11.4 Å². The van der Waals surface area contributed by atoms with E-state index in [1.807, 2.05) is 6.07 Å². The Morgan fingerprint density at radius 3 is 2.48 bits per heavy atom. The number of nitrogens with one attached hydrogen (secondary N) is 2. The van der Waals surface area contributed by atoms with Crippen LogP contribution in [0.5, 0.6) is 0 Å². The largest absolute Gasteiger partial charge is 0.455 e. The zero-order valence-electron chi connectivity index (χ0n) is 17.3. The molecule has 8 heteroatoms. The van der Waals surface area contributed by atoms with Crippen molar-refractivity contribution < 1.29 is 23.9 Å². The first-order valence-electron chi connectivity index (χ1n) is 10.1. The van der Waals surface area contributed by atoms with Crippen LogP contribution in [0.25, 0.3) is 0 Å². The number of nitrogens with zero attached hydrogens (tertiary/aromatic N) is 1. The van der Waals surface area contributed by atoms with E-state index >= 15 is 0 Å². The topological polar surface area (TPSA) is 105 Å². The van der Waals surface area contributed by atoms with E-state index < -0.39 is 24.5 Å². The van der Waals surface area contributed by atoms with E-state index in [4.69, 9.17) is 4.74 Å². The number of hydrogen-bond acceptors (Lipinski definition) is 5. The number of anilines is 2. The van der Waals surface area contributed by atoms with Crippen molar-refractivity contribution in [3.05, 3.63) is 60.2 Å². The Kier molecular flexibility index (Phi) is 7.37. The third-order valence-electron chi connectivity index (χ3n) is 4.79. The molecule has 1 fully saturated rings. The van der Waals surface area contributed by atoms with Crippen molar-refractivity contribution in [2.45, 2.75) is 32.2 Å². The Balaban J connectivity index is 1.46. The molecule has 0 spiro atoms. The first kappa shape index (κ1) is 22.0. The molecule has 31 heavy (non-hydrogen) atoms. The van der Waals surface area contributed by atoms with Crippen molar-refractivity contribution in [1.29, 1.82) is 0 Å². The zero-order chi connectivity index (χ0) is 22.2. The third kappa shape index (κ3) is 6.15. The maximum absolute atomic E-state index is 12.3. The van der Waals surface area contributed by atoms with Gasteiger partial charge in [-0.2, -0.15) is 0 Å². The molecule has 1 heterocycles. The molecule has 0 saturated carbocycles. The van der Waals surface area contributed by atoms with Crippen LogP contribution in [-0.2, 0) is 19.1 Å². The van der Waals surface area contributed by atoms with Crippen molar-refractivity contribution in [2.24, 2.45) is 0 Å². The number of para-hydroxylation sites is 2. The van der Waals surface area contributed by atoms with Gasteiger partial charge in [0.25, 0.3) is 11.8 Å². The molecule has 1 atom stereocenters. The Morgan fingerprint density at radius 1 is 1.06 bits per heavy atom.